The van der Waals surface area contributed by atoms with Crippen LogP contribution in [0.3, 0.4) is 0 Å². The van der Waals surface area contributed by atoms with E-state index in [1.165, 1.54) is 18.4 Å². The van der Waals surface area contributed by atoms with Crippen molar-refractivity contribution in [3.8, 4) is 0 Å². The normalized spacial score (nSPS) is 16.2. The van der Waals surface area contributed by atoms with Crippen LogP contribution in [0.25, 0.3) is 10.9 Å². The number of aldehydes is 1. The SMILES string of the molecule is CC(C)(C)c1ccc2[nH]c(C3CC3)c(C=O)c2c1. The molecule has 0 bridgehead atoms. The van der Waals surface area contributed by atoms with Gasteiger partial charge in [-0.1, -0.05) is 26.8 Å². The maximum Gasteiger partial charge on any atom is 0.152 e. The zero-order valence-corrected chi connectivity index (χ0v) is 11.2. The number of nitrogens with one attached hydrogen (secondary N) is 1. The number of aromatic amines is 1. The molecule has 0 saturated heterocycles. The Bertz CT molecular complexity index is 612. The van der Waals surface area contributed by atoms with Crippen LogP contribution < -0.4 is 0 Å². The van der Waals surface area contributed by atoms with Gasteiger partial charge in [0.1, 0.15) is 0 Å². The third-order valence-electron chi connectivity index (χ3n) is 3.84. The molecule has 94 valence electrons. The molecule has 0 radical (unpaired) electrons. The van der Waals surface area contributed by atoms with Gasteiger partial charge < -0.3 is 4.98 Å². The Labute approximate surface area is 107 Å². The average molecular weight is 241 g/mol. The number of H-pyrrole nitrogens is 1. The molecule has 1 N–H and O–H groups in total. The van der Waals surface area contributed by atoms with Gasteiger partial charge in [-0.25, -0.2) is 0 Å². The van der Waals surface area contributed by atoms with E-state index in [1.807, 2.05) is 0 Å². The first kappa shape index (κ1) is 11.5. The summed E-state index contributed by atoms with van der Waals surface area (Å²) in [4.78, 5) is 14.8. The van der Waals surface area contributed by atoms with E-state index >= 15 is 0 Å². The molecule has 0 amide bonds. The molecule has 1 saturated carbocycles. The van der Waals surface area contributed by atoms with Gasteiger partial charge in [0.25, 0.3) is 0 Å². The van der Waals surface area contributed by atoms with Crippen LogP contribution in [0.1, 0.15) is 61.1 Å². The van der Waals surface area contributed by atoms with E-state index in [-0.39, 0.29) is 5.41 Å². The lowest BCUT2D eigenvalue weighted by atomic mass is 9.86. The van der Waals surface area contributed by atoms with Crippen LogP contribution >= 0.6 is 0 Å². The molecule has 1 aromatic heterocycles. The van der Waals surface area contributed by atoms with Crippen molar-refractivity contribution in [2.75, 3.05) is 0 Å². The summed E-state index contributed by atoms with van der Waals surface area (Å²) in [5.74, 6) is 0.579. The Morgan fingerprint density at radius 2 is 2.00 bits per heavy atom. The van der Waals surface area contributed by atoms with Crippen molar-refractivity contribution >= 4 is 17.2 Å². The van der Waals surface area contributed by atoms with Crippen molar-refractivity contribution in [1.29, 1.82) is 0 Å². The summed E-state index contributed by atoms with van der Waals surface area (Å²) >= 11 is 0. The molecule has 18 heavy (non-hydrogen) atoms. The topological polar surface area (TPSA) is 32.9 Å². The highest BCUT2D eigenvalue weighted by Crippen LogP contribution is 2.43. The molecule has 1 heterocycles. The summed E-state index contributed by atoms with van der Waals surface area (Å²) in [6, 6.07) is 6.43. The van der Waals surface area contributed by atoms with Gasteiger partial charge in [0.2, 0.25) is 0 Å². The van der Waals surface area contributed by atoms with Crippen molar-refractivity contribution in [3.05, 3.63) is 35.0 Å². The summed E-state index contributed by atoms with van der Waals surface area (Å²) in [6.07, 6.45) is 3.43. The number of carbonyl (C=O) groups is 1. The minimum Gasteiger partial charge on any atom is -0.358 e. The van der Waals surface area contributed by atoms with Crippen molar-refractivity contribution in [2.24, 2.45) is 0 Å². The molecule has 1 aliphatic carbocycles. The lowest BCUT2D eigenvalue weighted by Gasteiger charge is -2.18. The Kier molecular flexibility index (Phi) is 2.37. The van der Waals surface area contributed by atoms with Crippen LogP contribution in [-0.4, -0.2) is 11.3 Å². The number of carbonyl (C=O) groups excluding carboxylic acids is 1. The van der Waals surface area contributed by atoms with Gasteiger partial charge in [0.05, 0.1) is 0 Å². The third-order valence-corrected chi connectivity index (χ3v) is 3.84. The maximum atomic E-state index is 11.4. The number of benzene rings is 1. The predicted molar refractivity (Wildman–Crippen MR) is 74.4 cm³/mol. The smallest absolute Gasteiger partial charge is 0.152 e. The molecule has 2 heteroatoms. The number of hydrogen-bond donors (Lipinski definition) is 1. The number of fused-ring (bicyclic) bond motifs is 1. The minimum absolute atomic E-state index is 0.116. The van der Waals surface area contributed by atoms with Crippen LogP contribution in [0.2, 0.25) is 0 Å². The van der Waals surface area contributed by atoms with Gasteiger partial charge in [0, 0.05) is 22.2 Å². The zero-order valence-electron chi connectivity index (χ0n) is 11.2. The quantitative estimate of drug-likeness (QED) is 0.787. The molecular formula is C16H19NO. The average Bonchev–Trinajstić information content (AvgIpc) is 3.08. The van der Waals surface area contributed by atoms with Gasteiger partial charge in [-0.15, -0.1) is 0 Å². The summed E-state index contributed by atoms with van der Waals surface area (Å²) in [5.41, 5.74) is 4.50. The van der Waals surface area contributed by atoms with Gasteiger partial charge in [0.15, 0.2) is 6.29 Å². The molecule has 0 unspecified atom stereocenters. The number of rotatable bonds is 2. The molecule has 1 aromatic carbocycles. The van der Waals surface area contributed by atoms with Crippen molar-refractivity contribution in [2.45, 2.75) is 44.9 Å². The first-order valence-electron chi connectivity index (χ1n) is 6.62. The number of aromatic nitrogens is 1. The van der Waals surface area contributed by atoms with E-state index < -0.39 is 0 Å². The van der Waals surface area contributed by atoms with Gasteiger partial charge in [-0.05, 0) is 41.9 Å². The highest BCUT2D eigenvalue weighted by Gasteiger charge is 2.29. The lowest BCUT2D eigenvalue weighted by molar-refractivity contribution is 0.112. The molecule has 2 aromatic rings. The summed E-state index contributed by atoms with van der Waals surface area (Å²) < 4.78 is 0. The summed E-state index contributed by atoms with van der Waals surface area (Å²) in [5, 5.41) is 1.08. The van der Waals surface area contributed by atoms with Crippen LogP contribution in [0.4, 0.5) is 0 Å². The Morgan fingerprint density at radius 3 is 2.56 bits per heavy atom. The van der Waals surface area contributed by atoms with Gasteiger partial charge >= 0.3 is 0 Å². The van der Waals surface area contributed by atoms with E-state index in [4.69, 9.17) is 0 Å². The molecule has 0 atom stereocenters. The Balaban J connectivity index is 2.23. The van der Waals surface area contributed by atoms with E-state index in [1.54, 1.807) is 0 Å². The third kappa shape index (κ3) is 1.76. The van der Waals surface area contributed by atoms with Gasteiger partial charge in [-0.2, -0.15) is 0 Å². The first-order chi connectivity index (χ1) is 8.50. The standard InChI is InChI=1S/C16H19NO/c1-16(2,3)11-6-7-14-12(8-11)13(9-18)15(17-14)10-4-5-10/h6-10,17H,4-5H2,1-3H3. The van der Waals surface area contributed by atoms with Crippen LogP contribution in [0, 0.1) is 0 Å². The Morgan fingerprint density at radius 1 is 1.28 bits per heavy atom. The van der Waals surface area contributed by atoms with Crippen molar-refractivity contribution in [3.63, 3.8) is 0 Å². The van der Waals surface area contributed by atoms with E-state index in [0.29, 0.717) is 5.92 Å². The largest absolute Gasteiger partial charge is 0.358 e. The van der Waals surface area contributed by atoms with Crippen LogP contribution in [0.5, 0.6) is 0 Å². The molecule has 3 rings (SSSR count). The van der Waals surface area contributed by atoms with E-state index in [2.05, 4.69) is 44.0 Å². The van der Waals surface area contributed by atoms with Crippen LogP contribution in [-0.2, 0) is 5.41 Å². The first-order valence-corrected chi connectivity index (χ1v) is 6.62. The maximum absolute atomic E-state index is 11.4. The summed E-state index contributed by atoms with van der Waals surface area (Å²) in [6.45, 7) is 6.59. The Hall–Kier alpha value is -1.57. The van der Waals surface area contributed by atoms with Crippen LogP contribution in [0.15, 0.2) is 18.2 Å². The van der Waals surface area contributed by atoms with E-state index in [9.17, 15) is 4.79 Å². The second-order valence-corrected chi connectivity index (χ2v) is 6.35. The molecule has 2 nitrogen and oxygen atoms in total. The summed E-state index contributed by atoms with van der Waals surface area (Å²) in [7, 11) is 0. The second-order valence-electron chi connectivity index (χ2n) is 6.35. The zero-order chi connectivity index (χ0) is 12.9. The fraction of sp³-hybridized carbons (Fsp3) is 0.438. The predicted octanol–water partition coefficient (Wildman–Crippen LogP) is 4.16. The minimum atomic E-state index is 0.116. The molecular weight excluding hydrogens is 222 g/mol. The number of hydrogen-bond acceptors (Lipinski definition) is 1. The second kappa shape index (κ2) is 3.71. The molecule has 1 aliphatic rings. The monoisotopic (exact) mass is 241 g/mol. The fourth-order valence-corrected chi connectivity index (χ4v) is 2.52. The molecule has 0 aliphatic heterocycles. The lowest BCUT2D eigenvalue weighted by Crippen LogP contribution is -2.10. The highest BCUT2D eigenvalue weighted by molar-refractivity contribution is 5.99. The molecule has 0 spiro atoms. The van der Waals surface area contributed by atoms with Crippen molar-refractivity contribution < 1.29 is 4.79 Å². The van der Waals surface area contributed by atoms with Gasteiger partial charge in [-0.3, -0.25) is 4.79 Å². The van der Waals surface area contributed by atoms with Crippen molar-refractivity contribution in [1.82, 2.24) is 4.98 Å². The molecule has 1 fully saturated rings. The van der Waals surface area contributed by atoms with E-state index in [0.717, 1.165) is 28.4 Å². The fourth-order valence-electron chi connectivity index (χ4n) is 2.52. The highest BCUT2D eigenvalue weighted by atomic mass is 16.1.